The molecule has 0 fully saturated rings. The number of nitrogens with one attached hydrogen (secondary N) is 1. The molecule has 0 aromatic rings. The maximum absolute atomic E-state index is 4.64. The minimum atomic E-state index is 0.765. The van der Waals surface area contributed by atoms with Crippen molar-refractivity contribution in [1.29, 1.82) is 0 Å². The molecule has 3 heteroatoms. The van der Waals surface area contributed by atoms with Crippen molar-refractivity contribution in [2.24, 2.45) is 0 Å². The first kappa shape index (κ1) is 6.35. The number of likely N-dealkylation sites (N-methyl/N-ethyl adjacent to an activating group) is 1. The highest BCUT2D eigenvalue weighted by Gasteiger charge is 1.72. The van der Waals surface area contributed by atoms with Crippen molar-refractivity contribution in [1.82, 2.24) is 5.32 Å². The first-order valence-corrected chi connectivity index (χ1v) is 2.35. The summed E-state index contributed by atoms with van der Waals surface area (Å²) in [5.74, 6) is 0. The number of hydrogen-bond acceptors (Lipinski definition) is 2. The molecule has 0 rings (SSSR count). The van der Waals surface area contributed by atoms with Crippen LogP contribution in [0.3, 0.4) is 0 Å². The van der Waals surface area contributed by atoms with Crippen molar-refractivity contribution in [2.75, 3.05) is 20.2 Å². The Morgan fingerprint density at radius 1 is 1.83 bits per heavy atom. The van der Waals surface area contributed by atoms with E-state index in [0.29, 0.717) is 0 Å². The fourth-order valence-electron chi connectivity index (χ4n) is 0.161. The van der Waals surface area contributed by atoms with Gasteiger partial charge in [0.15, 0.2) is 0 Å². The number of hydrogen-bond donors (Lipinski definition) is 1. The maximum atomic E-state index is 4.64. The van der Waals surface area contributed by atoms with Crippen molar-refractivity contribution in [2.45, 2.75) is 0 Å². The lowest BCUT2D eigenvalue weighted by Crippen LogP contribution is -2.11. The fraction of sp³-hybridized carbons (Fsp3) is 1.00. The Labute approximate surface area is 40.5 Å². The predicted octanol–water partition coefficient (Wildman–Crippen LogP) is 0.0125. The Bertz CT molecular complexity index is 22.8. The highest BCUT2D eigenvalue weighted by atomic mass is 31.0. The van der Waals surface area contributed by atoms with Gasteiger partial charge in [-0.25, -0.2) is 0 Å². The summed E-state index contributed by atoms with van der Waals surface area (Å²) in [6.45, 7) is 1.69. The molecule has 1 atom stereocenters. The molecule has 0 aliphatic heterocycles. The van der Waals surface area contributed by atoms with E-state index < -0.39 is 0 Å². The van der Waals surface area contributed by atoms with Crippen LogP contribution < -0.4 is 5.32 Å². The van der Waals surface area contributed by atoms with E-state index in [1.54, 1.807) is 0 Å². The average Bonchev–Trinajstić information content (AvgIpc) is 1.61. The molecule has 0 saturated heterocycles. The molecule has 0 saturated carbocycles. The summed E-state index contributed by atoms with van der Waals surface area (Å²) >= 11 is 0. The molecule has 0 aromatic heterocycles. The van der Waals surface area contributed by atoms with Crippen LogP contribution in [0.4, 0.5) is 0 Å². The first-order chi connectivity index (χ1) is 2.91. The molecule has 0 amide bonds. The molecule has 6 heavy (non-hydrogen) atoms. The lowest BCUT2D eigenvalue weighted by atomic mass is 10.7. The van der Waals surface area contributed by atoms with E-state index in [0.717, 1.165) is 13.2 Å². The van der Waals surface area contributed by atoms with Crippen LogP contribution in [-0.2, 0) is 4.52 Å². The van der Waals surface area contributed by atoms with Crippen molar-refractivity contribution in [3.05, 3.63) is 0 Å². The van der Waals surface area contributed by atoms with E-state index in [2.05, 4.69) is 19.3 Å². The second-order valence-electron chi connectivity index (χ2n) is 0.974. The molecule has 38 valence electrons. The van der Waals surface area contributed by atoms with Crippen LogP contribution in [-0.4, -0.2) is 20.2 Å². The molecule has 0 spiro atoms. The van der Waals surface area contributed by atoms with Crippen molar-refractivity contribution in [3.8, 4) is 0 Å². The van der Waals surface area contributed by atoms with E-state index in [4.69, 9.17) is 0 Å². The van der Waals surface area contributed by atoms with E-state index in [9.17, 15) is 0 Å². The molecule has 0 aromatic carbocycles. The second kappa shape index (κ2) is 5.35. The van der Waals surface area contributed by atoms with Gasteiger partial charge in [-0.3, -0.25) is 0 Å². The first-order valence-electron chi connectivity index (χ1n) is 1.88. The Hall–Kier alpha value is 0.350. The molecule has 1 N–H and O–H groups in total. The summed E-state index contributed by atoms with van der Waals surface area (Å²) in [6.07, 6.45) is 0. The van der Waals surface area contributed by atoms with Gasteiger partial charge in [0.25, 0.3) is 0 Å². The molecule has 0 heterocycles. The summed E-state index contributed by atoms with van der Waals surface area (Å²) in [5, 5.41) is 2.93. The highest BCUT2D eigenvalue weighted by molar-refractivity contribution is 7.09. The molecule has 0 radical (unpaired) electrons. The van der Waals surface area contributed by atoms with Gasteiger partial charge in [0.2, 0.25) is 0 Å². The smallest absolute Gasteiger partial charge is 0.0626 e. The zero-order chi connectivity index (χ0) is 4.83. The Morgan fingerprint density at radius 3 is 2.67 bits per heavy atom. The molecular weight excluding hydrogens is 97.0 g/mol. The largest absolute Gasteiger partial charge is 0.364 e. The zero-order valence-corrected chi connectivity index (χ0v) is 5.05. The minimum absolute atomic E-state index is 0.765. The predicted molar refractivity (Wildman–Crippen MR) is 29.6 cm³/mol. The van der Waals surface area contributed by atoms with Crippen molar-refractivity contribution >= 4 is 9.47 Å². The van der Waals surface area contributed by atoms with E-state index >= 15 is 0 Å². The lowest BCUT2D eigenvalue weighted by molar-refractivity contribution is 0.371. The monoisotopic (exact) mass is 107 g/mol. The standard InChI is InChI=1S/C3H10NOP/c1-4-2-3-5-6/h4H,2-3,6H2,1H3. The van der Waals surface area contributed by atoms with Crippen LogP contribution in [0.1, 0.15) is 0 Å². The third-order valence-electron chi connectivity index (χ3n) is 0.470. The Morgan fingerprint density at radius 2 is 2.50 bits per heavy atom. The van der Waals surface area contributed by atoms with Gasteiger partial charge >= 0.3 is 0 Å². The summed E-state index contributed by atoms with van der Waals surface area (Å²) in [5.41, 5.74) is 0. The van der Waals surface area contributed by atoms with Crippen molar-refractivity contribution in [3.63, 3.8) is 0 Å². The quantitative estimate of drug-likeness (QED) is 0.405. The van der Waals surface area contributed by atoms with Gasteiger partial charge in [-0.15, -0.1) is 0 Å². The minimum Gasteiger partial charge on any atom is -0.364 e. The fourth-order valence-corrected chi connectivity index (χ4v) is 0.279. The number of rotatable bonds is 3. The second-order valence-corrected chi connectivity index (χ2v) is 1.31. The average molecular weight is 107 g/mol. The summed E-state index contributed by atoms with van der Waals surface area (Å²) in [7, 11) is 4.08. The van der Waals surface area contributed by atoms with Crippen LogP contribution in [0.25, 0.3) is 0 Å². The van der Waals surface area contributed by atoms with Gasteiger partial charge in [-0.05, 0) is 7.05 Å². The van der Waals surface area contributed by atoms with Crippen LogP contribution >= 0.6 is 9.47 Å². The van der Waals surface area contributed by atoms with Crippen molar-refractivity contribution < 1.29 is 4.52 Å². The van der Waals surface area contributed by atoms with Gasteiger partial charge < -0.3 is 9.84 Å². The molecular formula is C3H10NOP. The van der Waals surface area contributed by atoms with E-state index in [1.807, 2.05) is 7.05 Å². The zero-order valence-electron chi connectivity index (χ0n) is 3.90. The van der Waals surface area contributed by atoms with Gasteiger partial charge in [0.1, 0.15) is 0 Å². The summed E-state index contributed by atoms with van der Waals surface area (Å²) in [4.78, 5) is 0. The van der Waals surface area contributed by atoms with Gasteiger partial charge in [0.05, 0.1) is 6.61 Å². The molecule has 1 unspecified atom stereocenters. The third kappa shape index (κ3) is 4.35. The molecule has 0 aliphatic carbocycles. The third-order valence-corrected chi connectivity index (χ3v) is 0.706. The van der Waals surface area contributed by atoms with E-state index in [-0.39, 0.29) is 0 Å². The lowest BCUT2D eigenvalue weighted by Gasteiger charge is -1.91. The Kier molecular flexibility index (Phi) is 5.66. The van der Waals surface area contributed by atoms with Crippen LogP contribution in [0, 0.1) is 0 Å². The van der Waals surface area contributed by atoms with Crippen LogP contribution in [0.5, 0.6) is 0 Å². The van der Waals surface area contributed by atoms with E-state index in [1.165, 1.54) is 0 Å². The van der Waals surface area contributed by atoms with Crippen LogP contribution in [0.2, 0.25) is 0 Å². The summed E-state index contributed by atoms with van der Waals surface area (Å²) in [6, 6.07) is 0. The topological polar surface area (TPSA) is 21.3 Å². The van der Waals surface area contributed by atoms with Gasteiger partial charge in [-0.1, -0.05) is 0 Å². The highest BCUT2D eigenvalue weighted by Crippen LogP contribution is 1.78. The molecule has 0 aliphatic rings. The van der Waals surface area contributed by atoms with Crippen LogP contribution in [0.15, 0.2) is 0 Å². The normalized spacial score (nSPS) is 9.00. The maximum Gasteiger partial charge on any atom is 0.0626 e. The Balaban J connectivity index is 2.34. The van der Waals surface area contributed by atoms with Gasteiger partial charge in [0, 0.05) is 16.0 Å². The SMILES string of the molecule is CNCCOP. The molecule has 2 nitrogen and oxygen atoms in total. The molecule has 0 bridgehead atoms. The van der Waals surface area contributed by atoms with Gasteiger partial charge in [-0.2, -0.15) is 0 Å². The summed E-state index contributed by atoms with van der Waals surface area (Å²) < 4.78 is 4.64.